The summed E-state index contributed by atoms with van der Waals surface area (Å²) in [6, 6.07) is 9.08. The molecule has 0 radical (unpaired) electrons. The van der Waals surface area contributed by atoms with E-state index in [-0.39, 0.29) is 11.7 Å². The maximum absolute atomic E-state index is 12.2. The van der Waals surface area contributed by atoms with Crippen LogP contribution in [0.25, 0.3) is 11.1 Å². The average Bonchev–Trinajstić information content (AvgIpc) is 3.17. The predicted octanol–water partition coefficient (Wildman–Crippen LogP) is 2.64. The van der Waals surface area contributed by atoms with E-state index in [1.54, 1.807) is 18.8 Å². The lowest BCUT2D eigenvalue weighted by Gasteiger charge is -2.08. The first-order valence-electron chi connectivity index (χ1n) is 7.00. The van der Waals surface area contributed by atoms with Gasteiger partial charge in [-0.3, -0.25) is 9.48 Å². The van der Waals surface area contributed by atoms with Crippen molar-refractivity contribution in [2.75, 3.05) is 12.4 Å². The molecule has 0 unspecified atom stereocenters. The average molecular weight is 312 g/mol. The molecule has 0 saturated carbocycles. The number of hydrogen-bond donors (Lipinski definition) is 1. The van der Waals surface area contributed by atoms with Crippen LogP contribution in [0.2, 0.25) is 0 Å². The minimum absolute atomic E-state index is 0.143. The Morgan fingerprint density at radius 2 is 2.00 bits per heavy atom. The Labute approximate surface area is 132 Å². The number of nitrogens with zero attached hydrogens (tertiary/aromatic N) is 3. The molecule has 0 atom stereocenters. The summed E-state index contributed by atoms with van der Waals surface area (Å²) < 4.78 is 11.7. The molecule has 0 aliphatic heterocycles. The topological polar surface area (TPSA) is 82.2 Å². The van der Waals surface area contributed by atoms with Gasteiger partial charge in [0.25, 0.3) is 5.91 Å². The summed E-state index contributed by atoms with van der Waals surface area (Å²) in [5, 5.41) is 10.8. The van der Waals surface area contributed by atoms with E-state index in [1.165, 1.54) is 12.3 Å². The third-order valence-corrected chi connectivity index (χ3v) is 3.49. The Morgan fingerprint density at radius 3 is 2.61 bits per heavy atom. The minimum atomic E-state index is -0.375. The molecule has 0 spiro atoms. The quantitative estimate of drug-likeness (QED) is 0.801. The third-order valence-electron chi connectivity index (χ3n) is 3.49. The fourth-order valence-electron chi connectivity index (χ4n) is 2.41. The molecular weight excluding hydrogens is 296 g/mol. The van der Waals surface area contributed by atoms with E-state index in [4.69, 9.17) is 9.26 Å². The van der Waals surface area contributed by atoms with E-state index in [1.807, 2.05) is 31.2 Å². The normalized spacial score (nSPS) is 10.6. The van der Waals surface area contributed by atoms with Gasteiger partial charge in [0.15, 0.2) is 0 Å². The first-order chi connectivity index (χ1) is 11.1. The Hall–Kier alpha value is -3.09. The van der Waals surface area contributed by atoms with Crippen LogP contribution < -0.4 is 10.1 Å². The lowest BCUT2D eigenvalue weighted by molar-refractivity contribution is 0.0987. The van der Waals surface area contributed by atoms with E-state index in [9.17, 15) is 4.79 Å². The van der Waals surface area contributed by atoms with E-state index >= 15 is 0 Å². The fourth-order valence-corrected chi connectivity index (χ4v) is 2.41. The molecule has 7 nitrogen and oxygen atoms in total. The number of nitrogens with one attached hydrogen (secondary N) is 1. The molecule has 0 saturated heterocycles. The Morgan fingerprint density at radius 1 is 1.26 bits per heavy atom. The van der Waals surface area contributed by atoms with Gasteiger partial charge in [0.2, 0.25) is 5.76 Å². The number of methoxy groups -OCH3 is 1. The van der Waals surface area contributed by atoms with Crippen molar-refractivity contribution >= 4 is 11.7 Å². The number of carbonyl (C=O) groups is 1. The van der Waals surface area contributed by atoms with Crippen molar-refractivity contribution < 1.29 is 14.1 Å². The maximum atomic E-state index is 12.2. The number of carbonyl (C=O) groups excluding carboxylic acids is 1. The predicted molar refractivity (Wildman–Crippen MR) is 84.4 cm³/mol. The lowest BCUT2D eigenvalue weighted by atomic mass is 10.1. The molecule has 1 amide bonds. The fraction of sp³-hybridized carbons (Fsp3) is 0.188. The van der Waals surface area contributed by atoms with E-state index in [0.717, 1.165) is 22.6 Å². The highest BCUT2D eigenvalue weighted by Crippen LogP contribution is 2.32. The van der Waals surface area contributed by atoms with Crippen molar-refractivity contribution in [2.45, 2.75) is 6.92 Å². The van der Waals surface area contributed by atoms with Crippen LogP contribution in [0.15, 0.2) is 41.1 Å². The number of anilines is 1. The molecule has 3 aromatic rings. The number of aryl methyl sites for hydroxylation is 2. The summed E-state index contributed by atoms with van der Waals surface area (Å²) in [5.41, 5.74) is 2.60. The van der Waals surface area contributed by atoms with Crippen LogP contribution in [0.5, 0.6) is 5.75 Å². The van der Waals surface area contributed by atoms with Crippen LogP contribution >= 0.6 is 0 Å². The van der Waals surface area contributed by atoms with Crippen molar-refractivity contribution in [1.82, 2.24) is 14.9 Å². The van der Waals surface area contributed by atoms with Gasteiger partial charge in [-0.25, -0.2) is 0 Å². The molecule has 7 heteroatoms. The van der Waals surface area contributed by atoms with E-state index in [0.29, 0.717) is 5.82 Å². The molecule has 0 aliphatic rings. The van der Waals surface area contributed by atoms with Crippen molar-refractivity contribution in [1.29, 1.82) is 0 Å². The third kappa shape index (κ3) is 2.80. The summed E-state index contributed by atoms with van der Waals surface area (Å²) in [6.07, 6.45) is 1.42. The van der Waals surface area contributed by atoms with Gasteiger partial charge in [-0.2, -0.15) is 5.10 Å². The van der Waals surface area contributed by atoms with Gasteiger partial charge < -0.3 is 14.6 Å². The standard InChI is InChI=1S/C16H16N4O3/c1-10-14(11-4-6-12(22-3)7-5-11)15(20(2)19-10)18-16(21)13-8-9-17-23-13/h4-9H,1-3H3,(H,18,21). The zero-order chi connectivity index (χ0) is 16.4. The Balaban J connectivity index is 1.98. The summed E-state index contributed by atoms with van der Waals surface area (Å²) in [7, 11) is 3.39. The first kappa shape index (κ1) is 14.8. The number of hydrogen-bond acceptors (Lipinski definition) is 5. The van der Waals surface area contributed by atoms with E-state index in [2.05, 4.69) is 15.6 Å². The summed E-state index contributed by atoms with van der Waals surface area (Å²) in [4.78, 5) is 12.2. The largest absolute Gasteiger partial charge is 0.497 e. The SMILES string of the molecule is COc1ccc(-c2c(C)nn(C)c2NC(=O)c2ccno2)cc1. The summed E-state index contributed by atoms with van der Waals surface area (Å²) >= 11 is 0. The smallest absolute Gasteiger partial charge is 0.295 e. The first-order valence-corrected chi connectivity index (χ1v) is 7.00. The molecule has 1 aromatic carbocycles. The molecule has 0 aliphatic carbocycles. The number of rotatable bonds is 4. The van der Waals surface area contributed by atoms with Gasteiger partial charge in [0.1, 0.15) is 11.6 Å². The summed E-state index contributed by atoms with van der Waals surface area (Å²) in [6.45, 7) is 1.89. The van der Waals surface area contributed by atoms with Crippen LogP contribution in [-0.4, -0.2) is 28.0 Å². The minimum Gasteiger partial charge on any atom is -0.497 e. The van der Waals surface area contributed by atoms with Crippen molar-refractivity contribution in [3.8, 4) is 16.9 Å². The number of aromatic nitrogens is 3. The molecule has 1 N–H and O–H groups in total. The second-order valence-corrected chi connectivity index (χ2v) is 4.99. The van der Waals surface area contributed by atoms with Gasteiger partial charge in [0, 0.05) is 18.7 Å². The number of benzene rings is 1. The second kappa shape index (κ2) is 5.96. The second-order valence-electron chi connectivity index (χ2n) is 4.99. The highest BCUT2D eigenvalue weighted by atomic mass is 16.5. The maximum Gasteiger partial charge on any atom is 0.295 e. The van der Waals surface area contributed by atoms with Crippen LogP contribution in [0, 0.1) is 6.92 Å². The highest BCUT2D eigenvalue weighted by molar-refractivity contribution is 6.04. The van der Waals surface area contributed by atoms with Crippen LogP contribution in [0.3, 0.4) is 0 Å². The van der Waals surface area contributed by atoms with Crippen molar-refractivity contribution in [3.63, 3.8) is 0 Å². The Kier molecular flexibility index (Phi) is 3.84. The van der Waals surface area contributed by atoms with Crippen LogP contribution in [0.1, 0.15) is 16.2 Å². The van der Waals surface area contributed by atoms with Crippen molar-refractivity contribution in [3.05, 3.63) is 48.0 Å². The van der Waals surface area contributed by atoms with Crippen molar-refractivity contribution in [2.24, 2.45) is 7.05 Å². The zero-order valence-electron chi connectivity index (χ0n) is 13.0. The molecule has 3 rings (SSSR count). The molecule has 23 heavy (non-hydrogen) atoms. The number of ether oxygens (including phenoxy) is 1. The molecule has 118 valence electrons. The van der Waals surface area contributed by atoms with E-state index < -0.39 is 0 Å². The van der Waals surface area contributed by atoms with Gasteiger partial charge in [-0.1, -0.05) is 17.3 Å². The van der Waals surface area contributed by atoms with Gasteiger partial charge in [-0.05, 0) is 24.6 Å². The molecular formula is C16H16N4O3. The van der Waals surface area contributed by atoms with Crippen LogP contribution in [-0.2, 0) is 7.05 Å². The number of amides is 1. The van der Waals surface area contributed by atoms with Crippen LogP contribution in [0.4, 0.5) is 5.82 Å². The van der Waals surface area contributed by atoms with Gasteiger partial charge in [-0.15, -0.1) is 0 Å². The van der Waals surface area contributed by atoms with Gasteiger partial charge >= 0.3 is 0 Å². The highest BCUT2D eigenvalue weighted by Gasteiger charge is 2.19. The Bertz CT molecular complexity index is 820. The monoisotopic (exact) mass is 312 g/mol. The molecule has 0 bridgehead atoms. The molecule has 2 heterocycles. The molecule has 0 fully saturated rings. The van der Waals surface area contributed by atoms with Gasteiger partial charge in [0.05, 0.1) is 19.0 Å². The summed E-state index contributed by atoms with van der Waals surface area (Å²) in [5.74, 6) is 1.13. The molecule has 2 aromatic heterocycles. The zero-order valence-corrected chi connectivity index (χ0v) is 13.0. The lowest BCUT2D eigenvalue weighted by Crippen LogP contribution is -2.14.